The average molecular weight is 359 g/mol. The van der Waals surface area contributed by atoms with E-state index in [0.717, 1.165) is 43.1 Å². The molecular weight excluding hydrogens is 334 g/mol. The molecule has 1 aromatic heterocycles. The first-order chi connectivity index (χ1) is 13.1. The zero-order chi connectivity index (χ0) is 18.8. The van der Waals surface area contributed by atoms with Gasteiger partial charge in [0, 0.05) is 43.1 Å². The lowest BCUT2D eigenvalue weighted by molar-refractivity contribution is 0.243. The van der Waals surface area contributed by atoms with Crippen LogP contribution in [0, 0.1) is 0 Å². The van der Waals surface area contributed by atoms with Gasteiger partial charge in [-0.2, -0.15) is 0 Å². The summed E-state index contributed by atoms with van der Waals surface area (Å²) in [5.74, 6) is 1.46. The lowest BCUT2D eigenvalue weighted by Gasteiger charge is -2.30. The lowest BCUT2D eigenvalue weighted by atomic mass is 9.98. The van der Waals surface area contributed by atoms with E-state index in [9.17, 15) is 5.11 Å². The Labute approximate surface area is 160 Å². The largest absolute Gasteiger partial charge is 0.508 e. The van der Waals surface area contributed by atoms with Gasteiger partial charge in [0.25, 0.3) is 0 Å². The Hall–Kier alpha value is -2.72. The maximum absolute atomic E-state index is 9.65. The molecule has 27 heavy (non-hydrogen) atoms. The van der Waals surface area contributed by atoms with Gasteiger partial charge in [-0.05, 0) is 29.8 Å². The first kappa shape index (κ1) is 17.7. The van der Waals surface area contributed by atoms with Gasteiger partial charge in [-0.1, -0.05) is 44.2 Å². The molecule has 1 aliphatic heterocycles. The summed E-state index contributed by atoms with van der Waals surface area (Å²) in [6.07, 6.45) is 0.940. The SMILES string of the molecule is CC(C)c1nc2c(c(-c3ccc(O)cc3)n1)CN(Cc1ccccc1)CC2. The maximum atomic E-state index is 9.65. The first-order valence-electron chi connectivity index (χ1n) is 9.55. The van der Waals surface area contributed by atoms with Gasteiger partial charge < -0.3 is 5.11 Å². The van der Waals surface area contributed by atoms with Crippen molar-refractivity contribution < 1.29 is 5.11 Å². The minimum absolute atomic E-state index is 0.275. The molecule has 1 N–H and O–H groups in total. The topological polar surface area (TPSA) is 49.3 Å². The number of hydrogen-bond donors (Lipinski definition) is 1. The Morgan fingerprint density at radius 1 is 1.00 bits per heavy atom. The van der Waals surface area contributed by atoms with Crippen molar-refractivity contribution in [3.63, 3.8) is 0 Å². The minimum Gasteiger partial charge on any atom is -0.508 e. The van der Waals surface area contributed by atoms with Crippen molar-refractivity contribution in [1.29, 1.82) is 0 Å². The fraction of sp³-hybridized carbons (Fsp3) is 0.304. The average Bonchev–Trinajstić information content (AvgIpc) is 2.68. The number of nitrogens with zero attached hydrogens (tertiary/aromatic N) is 3. The number of benzene rings is 2. The van der Waals surface area contributed by atoms with Crippen LogP contribution in [0.3, 0.4) is 0 Å². The predicted molar refractivity (Wildman–Crippen MR) is 107 cm³/mol. The van der Waals surface area contributed by atoms with Crippen LogP contribution in [0.1, 0.15) is 42.4 Å². The molecule has 0 saturated carbocycles. The van der Waals surface area contributed by atoms with E-state index < -0.39 is 0 Å². The molecule has 3 aromatic rings. The predicted octanol–water partition coefficient (Wildman–Crippen LogP) is 4.53. The number of phenolic OH excluding ortho intramolecular Hbond substituents is 1. The van der Waals surface area contributed by atoms with Crippen molar-refractivity contribution in [3.05, 3.63) is 77.2 Å². The van der Waals surface area contributed by atoms with Crippen molar-refractivity contribution in [2.75, 3.05) is 6.54 Å². The van der Waals surface area contributed by atoms with E-state index in [2.05, 4.69) is 49.1 Å². The summed E-state index contributed by atoms with van der Waals surface area (Å²) in [5.41, 5.74) is 5.75. The number of aromatic nitrogens is 2. The zero-order valence-electron chi connectivity index (χ0n) is 15.9. The molecule has 2 heterocycles. The van der Waals surface area contributed by atoms with Crippen molar-refractivity contribution in [1.82, 2.24) is 14.9 Å². The second-order valence-electron chi connectivity index (χ2n) is 7.50. The van der Waals surface area contributed by atoms with Crippen LogP contribution in [0.2, 0.25) is 0 Å². The number of fused-ring (bicyclic) bond motifs is 1. The number of aromatic hydroxyl groups is 1. The van der Waals surface area contributed by atoms with E-state index >= 15 is 0 Å². The van der Waals surface area contributed by atoms with E-state index in [1.807, 2.05) is 12.1 Å². The summed E-state index contributed by atoms with van der Waals surface area (Å²) >= 11 is 0. The molecule has 0 spiro atoms. The number of phenols is 1. The van der Waals surface area contributed by atoms with Gasteiger partial charge in [-0.3, -0.25) is 4.90 Å². The molecule has 4 rings (SSSR count). The summed E-state index contributed by atoms with van der Waals surface area (Å²) in [6, 6.07) is 17.9. The van der Waals surface area contributed by atoms with E-state index in [0.29, 0.717) is 0 Å². The van der Waals surface area contributed by atoms with Crippen LogP contribution >= 0.6 is 0 Å². The molecule has 138 valence electrons. The van der Waals surface area contributed by atoms with Gasteiger partial charge >= 0.3 is 0 Å². The highest BCUT2D eigenvalue weighted by Crippen LogP contribution is 2.31. The Balaban J connectivity index is 1.71. The quantitative estimate of drug-likeness (QED) is 0.743. The molecular formula is C23H25N3O. The second kappa shape index (κ2) is 7.49. The van der Waals surface area contributed by atoms with E-state index in [-0.39, 0.29) is 11.7 Å². The Morgan fingerprint density at radius 3 is 2.44 bits per heavy atom. The zero-order valence-corrected chi connectivity index (χ0v) is 15.9. The third-order valence-corrected chi connectivity index (χ3v) is 5.06. The van der Waals surface area contributed by atoms with Crippen LogP contribution in [-0.4, -0.2) is 26.5 Å². The highest BCUT2D eigenvalue weighted by molar-refractivity contribution is 5.65. The van der Waals surface area contributed by atoms with Gasteiger partial charge in [0.2, 0.25) is 0 Å². The third-order valence-electron chi connectivity index (χ3n) is 5.06. The number of hydrogen-bond acceptors (Lipinski definition) is 4. The van der Waals surface area contributed by atoms with Crippen LogP contribution in [0.5, 0.6) is 5.75 Å². The molecule has 0 aliphatic carbocycles. The Bertz CT molecular complexity index is 920. The molecule has 1 aliphatic rings. The first-order valence-corrected chi connectivity index (χ1v) is 9.55. The highest BCUT2D eigenvalue weighted by Gasteiger charge is 2.24. The van der Waals surface area contributed by atoms with Crippen LogP contribution in [0.15, 0.2) is 54.6 Å². The molecule has 0 atom stereocenters. The lowest BCUT2D eigenvalue weighted by Crippen LogP contribution is -2.31. The molecule has 0 fully saturated rings. The summed E-state index contributed by atoms with van der Waals surface area (Å²) in [7, 11) is 0. The van der Waals surface area contributed by atoms with E-state index in [1.54, 1.807) is 12.1 Å². The van der Waals surface area contributed by atoms with Gasteiger partial charge in [0.15, 0.2) is 0 Å². The van der Waals surface area contributed by atoms with Crippen LogP contribution < -0.4 is 0 Å². The van der Waals surface area contributed by atoms with Gasteiger partial charge in [-0.25, -0.2) is 9.97 Å². The summed E-state index contributed by atoms with van der Waals surface area (Å²) in [6.45, 7) is 7.05. The van der Waals surface area contributed by atoms with Crippen molar-refractivity contribution in [3.8, 4) is 17.0 Å². The van der Waals surface area contributed by atoms with Gasteiger partial charge in [-0.15, -0.1) is 0 Å². The van der Waals surface area contributed by atoms with Crippen molar-refractivity contribution >= 4 is 0 Å². The van der Waals surface area contributed by atoms with E-state index in [1.165, 1.54) is 16.8 Å². The van der Waals surface area contributed by atoms with E-state index in [4.69, 9.17) is 9.97 Å². The molecule has 0 unspecified atom stereocenters. The summed E-state index contributed by atoms with van der Waals surface area (Å²) in [5, 5.41) is 9.65. The van der Waals surface area contributed by atoms with Gasteiger partial charge in [0.05, 0.1) is 11.4 Å². The molecule has 2 aromatic carbocycles. The fourth-order valence-corrected chi connectivity index (χ4v) is 3.58. The third kappa shape index (κ3) is 3.86. The second-order valence-corrected chi connectivity index (χ2v) is 7.50. The standard InChI is InChI=1S/C23H25N3O/c1-16(2)23-24-21-12-13-26(14-17-6-4-3-5-7-17)15-20(21)22(25-23)18-8-10-19(27)11-9-18/h3-11,16,27H,12-15H2,1-2H3. The molecule has 4 nitrogen and oxygen atoms in total. The Morgan fingerprint density at radius 2 is 1.74 bits per heavy atom. The van der Waals surface area contributed by atoms with Crippen molar-refractivity contribution in [2.24, 2.45) is 0 Å². The summed E-state index contributed by atoms with van der Waals surface area (Å²) in [4.78, 5) is 12.2. The van der Waals surface area contributed by atoms with Crippen LogP contribution in [-0.2, 0) is 19.5 Å². The molecule has 0 radical (unpaired) electrons. The molecule has 0 amide bonds. The molecule has 4 heteroatoms. The summed E-state index contributed by atoms with van der Waals surface area (Å²) < 4.78 is 0. The normalized spacial score (nSPS) is 14.3. The highest BCUT2D eigenvalue weighted by atomic mass is 16.3. The Kier molecular flexibility index (Phi) is 4.90. The fourth-order valence-electron chi connectivity index (χ4n) is 3.58. The van der Waals surface area contributed by atoms with Crippen molar-refractivity contribution in [2.45, 2.75) is 39.3 Å². The van der Waals surface area contributed by atoms with Crippen LogP contribution in [0.25, 0.3) is 11.3 Å². The smallest absolute Gasteiger partial charge is 0.131 e. The maximum Gasteiger partial charge on any atom is 0.131 e. The minimum atomic E-state index is 0.275. The van der Waals surface area contributed by atoms with Crippen LogP contribution in [0.4, 0.5) is 0 Å². The molecule has 0 bridgehead atoms. The van der Waals surface area contributed by atoms with Gasteiger partial charge in [0.1, 0.15) is 11.6 Å². The molecule has 0 saturated heterocycles. The monoisotopic (exact) mass is 359 g/mol. The number of rotatable bonds is 4.